The van der Waals surface area contributed by atoms with Gasteiger partial charge in [0.05, 0.1) is 18.5 Å². The summed E-state index contributed by atoms with van der Waals surface area (Å²) in [5.74, 6) is 0.301. The molecular weight excluding hydrogens is 264 g/mol. The Hall–Kier alpha value is -2.15. The zero-order chi connectivity index (χ0) is 13.8. The average Bonchev–Trinajstić information content (AvgIpc) is 2.89. The number of carbonyl (C=O) groups excluding carboxylic acids is 1. The number of benzene rings is 1. The molecule has 7 heteroatoms. The van der Waals surface area contributed by atoms with Crippen molar-refractivity contribution < 1.29 is 9.53 Å². The van der Waals surface area contributed by atoms with Crippen LogP contribution in [0.5, 0.6) is 5.75 Å². The Balaban J connectivity index is 2.19. The van der Waals surface area contributed by atoms with Gasteiger partial charge in [-0.25, -0.2) is 0 Å². The van der Waals surface area contributed by atoms with Gasteiger partial charge in [-0.2, -0.15) is 0 Å². The molecule has 100 valence electrons. The fourth-order valence-electron chi connectivity index (χ4n) is 1.59. The number of amides is 1. The van der Waals surface area contributed by atoms with Gasteiger partial charge < -0.3 is 15.8 Å². The number of nitrogens with one attached hydrogen (secondary N) is 1. The largest absolute Gasteiger partial charge is 0.495 e. The lowest BCUT2D eigenvalue weighted by Crippen LogP contribution is -2.12. The molecule has 1 amide bonds. The maximum atomic E-state index is 12.1. The Morgan fingerprint density at radius 3 is 3.00 bits per heavy atom. The van der Waals surface area contributed by atoms with Gasteiger partial charge in [-0.05, 0) is 30.1 Å². The van der Waals surface area contributed by atoms with Gasteiger partial charge in [0.25, 0.3) is 5.91 Å². The van der Waals surface area contributed by atoms with Crippen molar-refractivity contribution >= 4 is 28.8 Å². The Kier molecular flexibility index (Phi) is 3.96. The zero-order valence-corrected chi connectivity index (χ0v) is 11.5. The standard InChI is InChI=1S/C12H14N4O2S/c1-3-9-11(19-16-15-9)12(17)14-7-4-5-8(13)10(6-7)18-2/h4-6H,3,13H2,1-2H3,(H,14,17). The third-order valence-corrected chi connectivity index (χ3v) is 3.36. The number of ether oxygens (including phenoxy) is 1. The van der Waals surface area contributed by atoms with Crippen molar-refractivity contribution in [3.8, 4) is 5.75 Å². The number of nitrogen functional groups attached to an aromatic ring is 1. The number of nitrogens with two attached hydrogens (primary N) is 1. The molecule has 0 radical (unpaired) electrons. The summed E-state index contributed by atoms with van der Waals surface area (Å²) in [6, 6.07) is 5.07. The molecule has 0 fully saturated rings. The van der Waals surface area contributed by atoms with E-state index in [-0.39, 0.29) is 5.91 Å². The van der Waals surface area contributed by atoms with Crippen LogP contribution in [0.4, 0.5) is 11.4 Å². The van der Waals surface area contributed by atoms with Crippen molar-refractivity contribution in [3.05, 3.63) is 28.8 Å². The molecule has 0 aliphatic carbocycles. The molecule has 19 heavy (non-hydrogen) atoms. The molecule has 1 aromatic carbocycles. The minimum atomic E-state index is -0.223. The molecule has 0 bridgehead atoms. The van der Waals surface area contributed by atoms with Gasteiger partial charge in [0.15, 0.2) is 0 Å². The molecule has 0 saturated carbocycles. The lowest BCUT2D eigenvalue weighted by molar-refractivity contribution is 0.102. The lowest BCUT2D eigenvalue weighted by atomic mass is 10.2. The van der Waals surface area contributed by atoms with Gasteiger partial charge in [-0.1, -0.05) is 11.4 Å². The summed E-state index contributed by atoms with van der Waals surface area (Å²) in [5, 5.41) is 6.69. The molecule has 0 aliphatic heterocycles. The van der Waals surface area contributed by atoms with Crippen LogP contribution < -0.4 is 15.8 Å². The van der Waals surface area contributed by atoms with E-state index in [9.17, 15) is 4.79 Å². The summed E-state index contributed by atoms with van der Waals surface area (Å²) in [6.45, 7) is 1.93. The van der Waals surface area contributed by atoms with E-state index in [0.29, 0.717) is 34.1 Å². The van der Waals surface area contributed by atoms with E-state index in [0.717, 1.165) is 11.5 Å². The Bertz CT molecular complexity index is 597. The fourth-order valence-corrected chi connectivity index (χ4v) is 2.23. The maximum absolute atomic E-state index is 12.1. The first-order valence-corrected chi connectivity index (χ1v) is 6.49. The first kappa shape index (κ1) is 13.3. The molecule has 2 rings (SSSR count). The number of carbonyl (C=O) groups is 1. The summed E-state index contributed by atoms with van der Waals surface area (Å²) >= 11 is 1.09. The second-order valence-corrected chi connectivity index (χ2v) is 4.57. The van der Waals surface area contributed by atoms with Crippen LogP contribution in [0.25, 0.3) is 0 Å². The molecule has 2 aromatic rings. The van der Waals surface area contributed by atoms with Crippen LogP contribution in [-0.2, 0) is 6.42 Å². The third-order valence-electron chi connectivity index (χ3n) is 2.59. The summed E-state index contributed by atoms with van der Waals surface area (Å²) in [6.07, 6.45) is 0.671. The normalized spacial score (nSPS) is 10.2. The highest BCUT2D eigenvalue weighted by Gasteiger charge is 2.15. The predicted molar refractivity (Wildman–Crippen MR) is 74.6 cm³/mol. The molecular formula is C12H14N4O2S. The molecule has 0 aliphatic rings. The van der Waals surface area contributed by atoms with Crippen molar-refractivity contribution in [1.82, 2.24) is 9.59 Å². The highest BCUT2D eigenvalue weighted by molar-refractivity contribution is 7.08. The Morgan fingerprint density at radius 1 is 1.53 bits per heavy atom. The maximum Gasteiger partial charge on any atom is 0.269 e. The summed E-state index contributed by atoms with van der Waals surface area (Å²) < 4.78 is 8.89. The van der Waals surface area contributed by atoms with Crippen LogP contribution in [0, 0.1) is 0 Å². The Morgan fingerprint density at radius 2 is 2.32 bits per heavy atom. The number of nitrogens with zero attached hydrogens (tertiary/aromatic N) is 2. The van der Waals surface area contributed by atoms with Crippen molar-refractivity contribution in [2.24, 2.45) is 0 Å². The number of rotatable bonds is 4. The van der Waals surface area contributed by atoms with E-state index in [4.69, 9.17) is 10.5 Å². The highest BCUT2D eigenvalue weighted by atomic mass is 32.1. The smallest absolute Gasteiger partial charge is 0.269 e. The Labute approximate surface area is 114 Å². The van der Waals surface area contributed by atoms with Crippen molar-refractivity contribution in [2.75, 3.05) is 18.2 Å². The van der Waals surface area contributed by atoms with Crippen LogP contribution in [-0.4, -0.2) is 22.6 Å². The number of anilines is 2. The summed E-state index contributed by atoms with van der Waals surface area (Å²) in [5.41, 5.74) is 7.55. The minimum Gasteiger partial charge on any atom is -0.495 e. The van der Waals surface area contributed by atoms with E-state index in [1.54, 1.807) is 18.2 Å². The first-order valence-electron chi connectivity index (χ1n) is 5.71. The van der Waals surface area contributed by atoms with Gasteiger partial charge in [-0.15, -0.1) is 5.10 Å². The van der Waals surface area contributed by atoms with Gasteiger partial charge in [0.2, 0.25) is 0 Å². The monoisotopic (exact) mass is 278 g/mol. The molecule has 0 saturated heterocycles. The molecule has 1 aromatic heterocycles. The van der Waals surface area contributed by atoms with Gasteiger partial charge >= 0.3 is 0 Å². The average molecular weight is 278 g/mol. The third kappa shape index (κ3) is 2.82. The van der Waals surface area contributed by atoms with E-state index >= 15 is 0 Å². The molecule has 1 heterocycles. The second kappa shape index (κ2) is 5.66. The predicted octanol–water partition coefficient (Wildman–Crippen LogP) is 1.94. The van der Waals surface area contributed by atoms with Crippen molar-refractivity contribution in [3.63, 3.8) is 0 Å². The van der Waals surface area contributed by atoms with Gasteiger partial charge in [0, 0.05) is 11.8 Å². The number of methoxy groups -OCH3 is 1. The minimum absolute atomic E-state index is 0.223. The summed E-state index contributed by atoms with van der Waals surface area (Å²) in [7, 11) is 1.53. The molecule has 0 unspecified atom stereocenters. The second-order valence-electron chi connectivity index (χ2n) is 3.81. The quantitative estimate of drug-likeness (QED) is 0.834. The molecule has 0 spiro atoms. The number of hydrogen-bond donors (Lipinski definition) is 2. The van der Waals surface area contributed by atoms with Crippen LogP contribution in [0.15, 0.2) is 18.2 Å². The highest BCUT2D eigenvalue weighted by Crippen LogP contribution is 2.25. The summed E-state index contributed by atoms with van der Waals surface area (Å²) in [4.78, 5) is 12.6. The van der Waals surface area contributed by atoms with E-state index in [2.05, 4.69) is 14.9 Å². The van der Waals surface area contributed by atoms with Gasteiger partial charge in [-0.3, -0.25) is 4.79 Å². The van der Waals surface area contributed by atoms with Crippen molar-refractivity contribution in [1.29, 1.82) is 0 Å². The first-order chi connectivity index (χ1) is 9.15. The zero-order valence-electron chi connectivity index (χ0n) is 10.6. The van der Waals surface area contributed by atoms with E-state index in [1.165, 1.54) is 7.11 Å². The van der Waals surface area contributed by atoms with E-state index in [1.807, 2.05) is 6.92 Å². The fraction of sp³-hybridized carbons (Fsp3) is 0.250. The number of aryl methyl sites for hydroxylation is 1. The number of hydrogen-bond acceptors (Lipinski definition) is 6. The topological polar surface area (TPSA) is 90.1 Å². The van der Waals surface area contributed by atoms with Crippen LogP contribution in [0.3, 0.4) is 0 Å². The molecule has 0 atom stereocenters. The van der Waals surface area contributed by atoms with Crippen LogP contribution in [0.1, 0.15) is 22.3 Å². The SMILES string of the molecule is CCc1nnsc1C(=O)Nc1ccc(N)c(OC)c1. The van der Waals surface area contributed by atoms with Gasteiger partial charge in [0.1, 0.15) is 10.6 Å². The van der Waals surface area contributed by atoms with Crippen molar-refractivity contribution in [2.45, 2.75) is 13.3 Å². The van der Waals surface area contributed by atoms with Crippen LogP contribution in [0.2, 0.25) is 0 Å². The van der Waals surface area contributed by atoms with E-state index < -0.39 is 0 Å². The molecule has 6 nitrogen and oxygen atoms in total. The number of aromatic nitrogens is 2. The molecule has 3 N–H and O–H groups in total. The lowest BCUT2D eigenvalue weighted by Gasteiger charge is -2.08. The van der Waals surface area contributed by atoms with Crippen LogP contribution >= 0.6 is 11.5 Å².